The number of rotatable bonds is 2. The molecule has 1 aromatic rings. The summed E-state index contributed by atoms with van der Waals surface area (Å²) >= 11 is 0. The molecule has 0 unspecified atom stereocenters. The van der Waals surface area contributed by atoms with Crippen molar-refractivity contribution in [3.8, 4) is 0 Å². The van der Waals surface area contributed by atoms with E-state index in [1.165, 1.54) is 5.57 Å². The largest absolute Gasteiger partial charge is 0.399 e. The standard InChI is InChI=1S/C11H16N2/c1-8(2)3-4-9-5-6-10(12)7-11(9)13/h3,5-7H,4,12-13H2,1-2H3. The van der Waals surface area contributed by atoms with Gasteiger partial charge in [-0.2, -0.15) is 0 Å². The SMILES string of the molecule is CC(C)=CCc1ccc(N)cc1N. The normalized spacial score (nSPS) is 9.69. The molecule has 0 aromatic heterocycles. The van der Waals surface area contributed by atoms with Crippen molar-refractivity contribution >= 4 is 11.4 Å². The van der Waals surface area contributed by atoms with Crippen LogP contribution in [-0.2, 0) is 6.42 Å². The highest BCUT2D eigenvalue weighted by Crippen LogP contribution is 2.16. The molecule has 0 saturated heterocycles. The van der Waals surface area contributed by atoms with Crippen LogP contribution in [0.5, 0.6) is 0 Å². The van der Waals surface area contributed by atoms with E-state index in [2.05, 4.69) is 19.9 Å². The van der Waals surface area contributed by atoms with Crippen molar-refractivity contribution in [1.29, 1.82) is 0 Å². The highest BCUT2D eigenvalue weighted by Gasteiger charge is 1.96. The first kappa shape index (κ1) is 9.65. The van der Waals surface area contributed by atoms with Crippen LogP contribution in [0.15, 0.2) is 29.8 Å². The van der Waals surface area contributed by atoms with Crippen molar-refractivity contribution in [2.45, 2.75) is 20.3 Å². The van der Waals surface area contributed by atoms with Gasteiger partial charge in [0.15, 0.2) is 0 Å². The Kier molecular flexibility index (Phi) is 2.96. The highest BCUT2D eigenvalue weighted by molar-refractivity contribution is 5.57. The van der Waals surface area contributed by atoms with Crippen molar-refractivity contribution < 1.29 is 0 Å². The lowest BCUT2D eigenvalue weighted by molar-refractivity contribution is 1.22. The minimum absolute atomic E-state index is 0.721. The molecule has 0 spiro atoms. The number of benzene rings is 1. The molecule has 0 bridgehead atoms. The molecular formula is C11H16N2. The van der Waals surface area contributed by atoms with E-state index >= 15 is 0 Å². The lowest BCUT2D eigenvalue weighted by atomic mass is 10.1. The number of hydrogen-bond acceptors (Lipinski definition) is 2. The smallest absolute Gasteiger partial charge is 0.0370 e. The second kappa shape index (κ2) is 3.99. The lowest BCUT2D eigenvalue weighted by Gasteiger charge is -2.03. The van der Waals surface area contributed by atoms with E-state index in [9.17, 15) is 0 Å². The average Bonchev–Trinajstić information content (AvgIpc) is 2.02. The van der Waals surface area contributed by atoms with E-state index in [1.54, 1.807) is 6.07 Å². The average molecular weight is 176 g/mol. The van der Waals surface area contributed by atoms with Gasteiger partial charge in [0.2, 0.25) is 0 Å². The zero-order chi connectivity index (χ0) is 9.84. The Morgan fingerprint density at radius 1 is 1.31 bits per heavy atom. The van der Waals surface area contributed by atoms with Crippen molar-refractivity contribution in [3.05, 3.63) is 35.4 Å². The van der Waals surface area contributed by atoms with Crippen molar-refractivity contribution in [2.24, 2.45) is 0 Å². The zero-order valence-corrected chi connectivity index (χ0v) is 8.17. The fourth-order valence-corrected chi connectivity index (χ4v) is 1.11. The summed E-state index contributed by atoms with van der Waals surface area (Å²) in [5, 5.41) is 0. The van der Waals surface area contributed by atoms with E-state index in [0.29, 0.717) is 0 Å². The fraction of sp³-hybridized carbons (Fsp3) is 0.273. The molecule has 70 valence electrons. The second-order valence-corrected chi connectivity index (χ2v) is 3.44. The molecule has 0 saturated carbocycles. The van der Waals surface area contributed by atoms with Crippen LogP contribution in [0, 0.1) is 0 Å². The zero-order valence-electron chi connectivity index (χ0n) is 8.17. The summed E-state index contributed by atoms with van der Waals surface area (Å²) in [6.45, 7) is 4.15. The monoisotopic (exact) mass is 176 g/mol. The molecule has 2 nitrogen and oxygen atoms in total. The summed E-state index contributed by atoms with van der Waals surface area (Å²) in [5.74, 6) is 0. The van der Waals surface area contributed by atoms with Gasteiger partial charge in [-0.15, -0.1) is 0 Å². The summed E-state index contributed by atoms with van der Waals surface area (Å²) < 4.78 is 0. The fourth-order valence-electron chi connectivity index (χ4n) is 1.11. The van der Waals surface area contributed by atoms with Crippen LogP contribution in [0.25, 0.3) is 0 Å². The van der Waals surface area contributed by atoms with Crippen LogP contribution in [-0.4, -0.2) is 0 Å². The van der Waals surface area contributed by atoms with E-state index in [4.69, 9.17) is 11.5 Å². The molecule has 2 heteroatoms. The topological polar surface area (TPSA) is 52.0 Å². The third-order valence-corrected chi connectivity index (χ3v) is 1.90. The molecule has 1 aromatic carbocycles. The Balaban J connectivity index is 2.84. The minimum Gasteiger partial charge on any atom is -0.399 e. The Bertz CT molecular complexity index is 323. The highest BCUT2D eigenvalue weighted by atomic mass is 14.6. The molecule has 0 heterocycles. The molecule has 0 aliphatic heterocycles. The van der Waals surface area contributed by atoms with Crippen LogP contribution in [0.1, 0.15) is 19.4 Å². The molecule has 0 amide bonds. The Morgan fingerprint density at radius 3 is 2.54 bits per heavy atom. The van der Waals surface area contributed by atoms with E-state index < -0.39 is 0 Å². The number of nitrogen functional groups attached to an aromatic ring is 2. The first-order chi connectivity index (χ1) is 6.09. The first-order valence-corrected chi connectivity index (χ1v) is 4.37. The molecule has 0 aliphatic carbocycles. The lowest BCUT2D eigenvalue weighted by Crippen LogP contribution is -1.95. The van der Waals surface area contributed by atoms with Gasteiger partial charge in [0, 0.05) is 11.4 Å². The molecule has 1 rings (SSSR count). The number of hydrogen-bond donors (Lipinski definition) is 2. The van der Waals surface area contributed by atoms with Crippen molar-refractivity contribution in [3.63, 3.8) is 0 Å². The van der Waals surface area contributed by atoms with E-state index in [1.807, 2.05) is 12.1 Å². The predicted octanol–water partition coefficient (Wildman–Crippen LogP) is 2.36. The summed E-state index contributed by atoms with van der Waals surface area (Å²) in [7, 11) is 0. The molecular weight excluding hydrogens is 160 g/mol. The van der Waals surface area contributed by atoms with Gasteiger partial charge in [-0.1, -0.05) is 17.7 Å². The van der Waals surface area contributed by atoms with Gasteiger partial charge in [0.25, 0.3) is 0 Å². The van der Waals surface area contributed by atoms with Gasteiger partial charge in [0.05, 0.1) is 0 Å². The summed E-state index contributed by atoms with van der Waals surface area (Å²) in [6.07, 6.45) is 3.04. The van der Waals surface area contributed by atoms with Gasteiger partial charge < -0.3 is 11.5 Å². The third-order valence-electron chi connectivity index (χ3n) is 1.90. The Morgan fingerprint density at radius 2 is 2.00 bits per heavy atom. The minimum atomic E-state index is 0.721. The third kappa shape index (κ3) is 2.82. The van der Waals surface area contributed by atoms with E-state index in [0.717, 1.165) is 23.4 Å². The Hall–Kier alpha value is -1.44. The quantitative estimate of drug-likeness (QED) is 0.537. The predicted molar refractivity (Wildman–Crippen MR) is 58.4 cm³/mol. The maximum absolute atomic E-state index is 5.80. The molecule has 0 radical (unpaired) electrons. The molecule has 0 fully saturated rings. The van der Waals surface area contributed by atoms with Crippen molar-refractivity contribution in [2.75, 3.05) is 11.5 Å². The van der Waals surface area contributed by atoms with Gasteiger partial charge in [-0.05, 0) is 38.0 Å². The van der Waals surface area contributed by atoms with Gasteiger partial charge in [-0.25, -0.2) is 0 Å². The molecule has 0 aliphatic rings. The Labute approximate surface area is 79.2 Å². The van der Waals surface area contributed by atoms with E-state index in [-0.39, 0.29) is 0 Å². The van der Waals surface area contributed by atoms with Crippen LogP contribution < -0.4 is 11.5 Å². The summed E-state index contributed by atoms with van der Waals surface area (Å²) in [6, 6.07) is 5.66. The molecule has 13 heavy (non-hydrogen) atoms. The molecule has 4 N–H and O–H groups in total. The van der Waals surface area contributed by atoms with Crippen LogP contribution in [0.2, 0.25) is 0 Å². The van der Waals surface area contributed by atoms with Gasteiger partial charge >= 0.3 is 0 Å². The second-order valence-electron chi connectivity index (χ2n) is 3.44. The summed E-state index contributed by atoms with van der Waals surface area (Å²) in [4.78, 5) is 0. The summed E-state index contributed by atoms with van der Waals surface area (Å²) in [5.41, 5.74) is 15.3. The van der Waals surface area contributed by atoms with Crippen molar-refractivity contribution in [1.82, 2.24) is 0 Å². The van der Waals surface area contributed by atoms with Gasteiger partial charge in [0.1, 0.15) is 0 Å². The number of allylic oxidation sites excluding steroid dienone is 2. The molecule has 0 atom stereocenters. The first-order valence-electron chi connectivity index (χ1n) is 4.37. The maximum atomic E-state index is 5.80. The number of anilines is 2. The van der Waals surface area contributed by atoms with Gasteiger partial charge in [-0.3, -0.25) is 0 Å². The van der Waals surface area contributed by atoms with Crippen LogP contribution >= 0.6 is 0 Å². The van der Waals surface area contributed by atoms with Crippen LogP contribution in [0.3, 0.4) is 0 Å². The number of nitrogens with two attached hydrogens (primary N) is 2. The van der Waals surface area contributed by atoms with Crippen LogP contribution in [0.4, 0.5) is 11.4 Å². The maximum Gasteiger partial charge on any atom is 0.0370 e.